The van der Waals surface area contributed by atoms with E-state index >= 15 is 0 Å². The fourth-order valence-electron chi connectivity index (χ4n) is 3.18. The van der Waals surface area contributed by atoms with E-state index in [9.17, 15) is 4.39 Å². The van der Waals surface area contributed by atoms with Crippen molar-refractivity contribution in [3.63, 3.8) is 0 Å². The van der Waals surface area contributed by atoms with Crippen LogP contribution in [0.1, 0.15) is 43.2 Å². The molecule has 0 unspecified atom stereocenters. The first kappa shape index (κ1) is 18.7. The van der Waals surface area contributed by atoms with Gasteiger partial charge >= 0.3 is 0 Å². The first-order chi connectivity index (χ1) is 12.1. The fraction of sp³-hybridized carbons (Fsp3) is 0.400. The van der Waals surface area contributed by atoms with Crippen LogP contribution in [0.4, 0.5) is 4.39 Å². The third-order valence-corrected chi connectivity index (χ3v) is 5.45. The van der Waals surface area contributed by atoms with Gasteiger partial charge in [-0.05, 0) is 43.2 Å². The normalized spacial score (nSPS) is 15.3. The Labute approximate surface area is 161 Å². The van der Waals surface area contributed by atoms with Crippen molar-refractivity contribution >= 4 is 27.5 Å². The van der Waals surface area contributed by atoms with Crippen LogP contribution in [0.25, 0.3) is 0 Å². The summed E-state index contributed by atoms with van der Waals surface area (Å²) in [6.45, 7) is 1.09. The van der Waals surface area contributed by atoms with Crippen LogP contribution in [0.3, 0.4) is 0 Å². The van der Waals surface area contributed by atoms with E-state index in [4.69, 9.17) is 16.3 Å². The van der Waals surface area contributed by atoms with Gasteiger partial charge in [-0.1, -0.05) is 52.9 Å². The smallest absolute Gasteiger partial charge is 0.124 e. The molecule has 2 nitrogen and oxygen atoms in total. The third kappa shape index (κ3) is 5.44. The Morgan fingerprint density at radius 2 is 1.88 bits per heavy atom. The summed E-state index contributed by atoms with van der Waals surface area (Å²) in [6.07, 6.45) is 6.46. The van der Waals surface area contributed by atoms with E-state index in [1.165, 1.54) is 44.2 Å². The second-order valence-corrected chi connectivity index (χ2v) is 7.82. The van der Waals surface area contributed by atoms with Gasteiger partial charge in [0.05, 0.1) is 5.02 Å². The molecule has 25 heavy (non-hydrogen) atoms. The average molecular weight is 427 g/mol. The fourth-order valence-corrected chi connectivity index (χ4v) is 3.81. The number of nitrogens with one attached hydrogen (secondary N) is 1. The van der Waals surface area contributed by atoms with Gasteiger partial charge in [-0.2, -0.15) is 0 Å². The van der Waals surface area contributed by atoms with Crippen molar-refractivity contribution in [1.29, 1.82) is 0 Å². The van der Waals surface area contributed by atoms with Crippen LogP contribution in [0.5, 0.6) is 5.75 Å². The summed E-state index contributed by atoms with van der Waals surface area (Å²) in [5.74, 6) is 0.488. The van der Waals surface area contributed by atoms with Crippen LogP contribution >= 0.6 is 27.5 Å². The molecule has 3 rings (SSSR count). The summed E-state index contributed by atoms with van der Waals surface area (Å²) >= 11 is 9.62. The molecule has 0 bridgehead atoms. The number of benzene rings is 2. The molecule has 0 aromatic heterocycles. The van der Waals surface area contributed by atoms with Crippen molar-refractivity contribution in [2.24, 2.45) is 0 Å². The minimum atomic E-state index is -0.338. The minimum Gasteiger partial charge on any atom is -0.489 e. The van der Waals surface area contributed by atoms with Crippen LogP contribution in [0, 0.1) is 5.82 Å². The Balaban J connectivity index is 1.65. The molecular formula is C20H22BrClFNO. The van der Waals surface area contributed by atoms with Gasteiger partial charge in [0, 0.05) is 28.2 Å². The molecular weight excluding hydrogens is 405 g/mol. The van der Waals surface area contributed by atoms with Crippen LogP contribution in [0.2, 0.25) is 5.02 Å². The largest absolute Gasteiger partial charge is 0.489 e. The highest BCUT2D eigenvalue weighted by atomic mass is 79.9. The number of halogens is 3. The number of hydrogen-bond donors (Lipinski definition) is 1. The standard InChI is InChI=1S/C20H22BrClFNO/c21-16-7-9-20(25-13-14-6-8-17(23)11-19(14)22)15(10-16)12-24-18-4-2-1-3-5-18/h6-11,18,24H,1-5,12-13H2. The average Bonchev–Trinajstić information content (AvgIpc) is 2.61. The Kier molecular flexibility index (Phi) is 6.74. The van der Waals surface area contributed by atoms with E-state index in [-0.39, 0.29) is 5.82 Å². The van der Waals surface area contributed by atoms with Gasteiger partial charge in [-0.3, -0.25) is 0 Å². The third-order valence-electron chi connectivity index (χ3n) is 4.61. The predicted molar refractivity (Wildman–Crippen MR) is 104 cm³/mol. The number of rotatable bonds is 6. The summed E-state index contributed by atoms with van der Waals surface area (Å²) < 4.78 is 20.2. The molecule has 1 N–H and O–H groups in total. The summed E-state index contributed by atoms with van der Waals surface area (Å²) in [5.41, 5.74) is 1.88. The first-order valence-electron chi connectivity index (χ1n) is 8.70. The maximum Gasteiger partial charge on any atom is 0.124 e. The summed E-state index contributed by atoms with van der Waals surface area (Å²) in [7, 11) is 0. The highest BCUT2D eigenvalue weighted by Gasteiger charge is 2.14. The van der Waals surface area contributed by atoms with Crippen LogP contribution < -0.4 is 10.1 Å². The Morgan fingerprint density at radius 3 is 2.64 bits per heavy atom. The van der Waals surface area contributed by atoms with E-state index in [1.807, 2.05) is 12.1 Å². The van der Waals surface area contributed by atoms with Gasteiger partial charge < -0.3 is 10.1 Å². The molecule has 0 heterocycles. The van der Waals surface area contributed by atoms with E-state index in [0.717, 1.165) is 27.9 Å². The van der Waals surface area contributed by atoms with Gasteiger partial charge in [0.25, 0.3) is 0 Å². The van der Waals surface area contributed by atoms with Gasteiger partial charge in [0.1, 0.15) is 18.2 Å². The minimum absolute atomic E-state index is 0.317. The SMILES string of the molecule is Fc1ccc(COc2ccc(Br)cc2CNC2CCCCC2)c(Cl)c1. The lowest BCUT2D eigenvalue weighted by Gasteiger charge is -2.23. The molecule has 1 aliphatic rings. The topological polar surface area (TPSA) is 21.3 Å². The van der Waals surface area contributed by atoms with Crippen molar-refractivity contribution in [3.05, 3.63) is 62.8 Å². The summed E-state index contributed by atoms with van der Waals surface area (Å²) in [6, 6.07) is 11.0. The van der Waals surface area contributed by atoms with E-state index < -0.39 is 0 Å². The summed E-state index contributed by atoms with van der Waals surface area (Å²) in [5, 5.41) is 4.03. The van der Waals surface area contributed by atoms with Crippen molar-refractivity contribution < 1.29 is 9.13 Å². The van der Waals surface area contributed by atoms with Crippen LogP contribution in [-0.2, 0) is 13.2 Å². The highest BCUT2D eigenvalue weighted by molar-refractivity contribution is 9.10. The zero-order valence-electron chi connectivity index (χ0n) is 14.0. The number of hydrogen-bond acceptors (Lipinski definition) is 2. The second-order valence-electron chi connectivity index (χ2n) is 6.49. The molecule has 5 heteroatoms. The highest BCUT2D eigenvalue weighted by Crippen LogP contribution is 2.26. The lowest BCUT2D eigenvalue weighted by Crippen LogP contribution is -2.30. The van der Waals surface area contributed by atoms with Crippen molar-refractivity contribution in [3.8, 4) is 5.75 Å². The second kappa shape index (κ2) is 9.02. The molecule has 1 saturated carbocycles. The van der Waals surface area contributed by atoms with Gasteiger partial charge in [-0.25, -0.2) is 4.39 Å². The zero-order chi connectivity index (χ0) is 17.6. The van der Waals surface area contributed by atoms with Gasteiger partial charge in [0.2, 0.25) is 0 Å². The molecule has 0 atom stereocenters. The molecule has 2 aromatic carbocycles. The van der Waals surface area contributed by atoms with E-state index in [0.29, 0.717) is 17.7 Å². The van der Waals surface area contributed by atoms with Crippen LogP contribution in [-0.4, -0.2) is 6.04 Å². The zero-order valence-corrected chi connectivity index (χ0v) is 16.4. The Morgan fingerprint density at radius 1 is 1.08 bits per heavy atom. The molecule has 1 aliphatic carbocycles. The molecule has 1 fully saturated rings. The monoisotopic (exact) mass is 425 g/mol. The lowest BCUT2D eigenvalue weighted by molar-refractivity contribution is 0.299. The Hall–Kier alpha value is -1.10. The lowest BCUT2D eigenvalue weighted by atomic mass is 9.95. The molecule has 2 aromatic rings. The maximum absolute atomic E-state index is 13.2. The Bertz CT molecular complexity index is 719. The van der Waals surface area contributed by atoms with Crippen molar-refractivity contribution in [1.82, 2.24) is 5.32 Å². The molecule has 0 radical (unpaired) electrons. The summed E-state index contributed by atoms with van der Waals surface area (Å²) in [4.78, 5) is 0. The van der Waals surface area contributed by atoms with Crippen molar-refractivity contribution in [2.45, 2.75) is 51.3 Å². The molecule has 134 valence electrons. The maximum atomic E-state index is 13.2. The van der Waals surface area contributed by atoms with E-state index in [2.05, 4.69) is 27.3 Å². The molecule has 0 spiro atoms. The molecule has 0 amide bonds. The molecule has 0 saturated heterocycles. The predicted octanol–water partition coefficient (Wildman–Crippen LogP) is 6.24. The van der Waals surface area contributed by atoms with E-state index in [1.54, 1.807) is 6.07 Å². The van der Waals surface area contributed by atoms with Gasteiger partial charge in [-0.15, -0.1) is 0 Å². The van der Waals surface area contributed by atoms with Crippen molar-refractivity contribution in [2.75, 3.05) is 0 Å². The quantitative estimate of drug-likeness (QED) is 0.590. The number of ether oxygens (including phenoxy) is 1. The van der Waals surface area contributed by atoms with Gasteiger partial charge in [0.15, 0.2) is 0 Å². The first-order valence-corrected chi connectivity index (χ1v) is 9.87. The van der Waals surface area contributed by atoms with Crippen LogP contribution in [0.15, 0.2) is 40.9 Å². The molecule has 0 aliphatic heterocycles.